The lowest BCUT2D eigenvalue weighted by Crippen LogP contribution is -2.55. The van der Waals surface area contributed by atoms with Gasteiger partial charge in [0.1, 0.15) is 11.4 Å². The molecule has 2 heterocycles. The predicted molar refractivity (Wildman–Crippen MR) is 133 cm³/mol. The van der Waals surface area contributed by atoms with E-state index in [1.54, 1.807) is 19.2 Å². The molecule has 1 saturated heterocycles. The third-order valence-electron chi connectivity index (χ3n) is 5.98. The van der Waals surface area contributed by atoms with E-state index in [0.717, 1.165) is 31.6 Å². The van der Waals surface area contributed by atoms with Gasteiger partial charge in [0, 0.05) is 39.8 Å². The molecule has 0 aliphatic carbocycles. The molecule has 2 aromatic rings. The summed E-state index contributed by atoms with van der Waals surface area (Å²) in [6, 6.07) is 8.64. The molecule has 3 rings (SSSR count). The molecule has 0 radical (unpaired) electrons. The molecule has 190 valence electrons. The van der Waals surface area contributed by atoms with Crippen molar-refractivity contribution in [2.45, 2.75) is 25.1 Å². The maximum Gasteiger partial charge on any atom is 0.337 e. The Morgan fingerprint density at radius 2 is 1.97 bits per heavy atom. The number of benzene rings is 1. The zero-order valence-electron chi connectivity index (χ0n) is 20.2. The van der Waals surface area contributed by atoms with Crippen LogP contribution in [0.4, 0.5) is 5.82 Å². The number of halogens is 1. The minimum absolute atomic E-state index is 0.106. The van der Waals surface area contributed by atoms with Crippen LogP contribution >= 0.6 is 11.6 Å². The van der Waals surface area contributed by atoms with Crippen LogP contribution in [0.3, 0.4) is 0 Å². The first-order valence-corrected chi connectivity index (χ1v) is 11.7. The fourth-order valence-corrected chi connectivity index (χ4v) is 4.14. The SMILES string of the molecule is COC(=O)c1ccc(CNCCN2CC[C@@H](NC(=O)c3cc(Cl)c(N)nc3OC)[C@@H](OC)C2)cc1. The average molecular weight is 506 g/mol. The van der Waals surface area contributed by atoms with Gasteiger partial charge in [-0.3, -0.25) is 9.69 Å². The molecule has 0 saturated carbocycles. The molecular formula is C24H32ClN5O5. The lowest BCUT2D eigenvalue weighted by Gasteiger charge is -2.38. The van der Waals surface area contributed by atoms with Crippen LogP contribution in [-0.4, -0.2) is 81.4 Å². The molecule has 2 atom stereocenters. The second-order valence-corrected chi connectivity index (χ2v) is 8.63. The molecule has 0 unspecified atom stereocenters. The van der Waals surface area contributed by atoms with Crippen molar-refractivity contribution in [3.63, 3.8) is 0 Å². The van der Waals surface area contributed by atoms with Gasteiger partial charge in [0.25, 0.3) is 5.91 Å². The van der Waals surface area contributed by atoms with Crippen molar-refractivity contribution >= 4 is 29.3 Å². The van der Waals surface area contributed by atoms with Crippen LogP contribution in [0.2, 0.25) is 5.02 Å². The molecule has 1 fully saturated rings. The first-order valence-electron chi connectivity index (χ1n) is 11.3. The molecule has 11 heteroatoms. The molecule has 4 N–H and O–H groups in total. The lowest BCUT2D eigenvalue weighted by atomic mass is 10.0. The number of pyridine rings is 1. The van der Waals surface area contributed by atoms with Gasteiger partial charge in [-0.1, -0.05) is 23.7 Å². The zero-order valence-corrected chi connectivity index (χ0v) is 20.9. The Morgan fingerprint density at radius 3 is 2.63 bits per heavy atom. The summed E-state index contributed by atoms with van der Waals surface area (Å²) in [4.78, 5) is 30.7. The number of anilines is 1. The second-order valence-electron chi connectivity index (χ2n) is 8.22. The van der Waals surface area contributed by atoms with E-state index < -0.39 is 0 Å². The number of amides is 1. The molecule has 1 amide bonds. The number of esters is 1. The Labute approximate surface area is 210 Å². The van der Waals surface area contributed by atoms with Gasteiger partial charge in [-0.2, -0.15) is 4.98 Å². The maximum absolute atomic E-state index is 12.9. The third kappa shape index (κ3) is 7.04. The van der Waals surface area contributed by atoms with Gasteiger partial charge >= 0.3 is 5.97 Å². The third-order valence-corrected chi connectivity index (χ3v) is 6.28. The van der Waals surface area contributed by atoms with E-state index >= 15 is 0 Å². The quantitative estimate of drug-likeness (QED) is 0.326. The molecule has 1 aromatic carbocycles. The maximum atomic E-state index is 12.9. The van der Waals surface area contributed by atoms with E-state index in [0.29, 0.717) is 18.7 Å². The van der Waals surface area contributed by atoms with Crippen molar-refractivity contribution in [3.8, 4) is 5.88 Å². The van der Waals surface area contributed by atoms with Crippen LogP contribution < -0.4 is 21.1 Å². The first-order chi connectivity index (χ1) is 16.9. The van der Waals surface area contributed by atoms with Crippen LogP contribution in [0.15, 0.2) is 30.3 Å². The average Bonchev–Trinajstić information content (AvgIpc) is 2.88. The van der Waals surface area contributed by atoms with Crippen LogP contribution in [0, 0.1) is 0 Å². The summed E-state index contributed by atoms with van der Waals surface area (Å²) in [5.74, 6) is -0.446. The Kier molecular flexibility index (Phi) is 9.67. The van der Waals surface area contributed by atoms with Crippen molar-refractivity contribution < 1.29 is 23.8 Å². The Morgan fingerprint density at radius 1 is 1.23 bits per heavy atom. The monoisotopic (exact) mass is 505 g/mol. The minimum atomic E-state index is -0.343. The molecular weight excluding hydrogens is 474 g/mol. The second kappa shape index (κ2) is 12.7. The smallest absolute Gasteiger partial charge is 0.337 e. The van der Waals surface area contributed by atoms with Crippen LogP contribution in [0.1, 0.15) is 32.7 Å². The van der Waals surface area contributed by atoms with E-state index in [1.807, 2.05) is 12.1 Å². The fourth-order valence-electron chi connectivity index (χ4n) is 3.98. The molecule has 10 nitrogen and oxygen atoms in total. The topological polar surface area (TPSA) is 128 Å². The number of methoxy groups -OCH3 is 3. The van der Waals surface area contributed by atoms with Crippen LogP contribution in [0.25, 0.3) is 0 Å². The lowest BCUT2D eigenvalue weighted by molar-refractivity contribution is 0.00676. The van der Waals surface area contributed by atoms with Crippen molar-refractivity contribution in [2.24, 2.45) is 0 Å². The van der Waals surface area contributed by atoms with Crippen molar-refractivity contribution in [1.29, 1.82) is 0 Å². The van der Waals surface area contributed by atoms with E-state index in [-0.39, 0.29) is 46.3 Å². The van der Waals surface area contributed by atoms with Crippen molar-refractivity contribution in [1.82, 2.24) is 20.5 Å². The number of ether oxygens (including phenoxy) is 3. The van der Waals surface area contributed by atoms with Gasteiger partial charge in [-0.25, -0.2) is 4.79 Å². The number of rotatable bonds is 10. The van der Waals surface area contributed by atoms with Crippen molar-refractivity contribution in [3.05, 3.63) is 52.0 Å². The van der Waals surface area contributed by atoms with E-state index in [1.165, 1.54) is 20.3 Å². The normalized spacial score (nSPS) is 18.2. The van der Waals surface area contributed by atoms with Gasteiger partial charge in [-0.05, 0) is 30.2 Å². The number of likely N-dealkylation sites (tertiary alicyclic amines) is 1. The largest absolute Gasteiger partial charge is 0.480 e. The standard InChI is InChI=1S/C24H32ClN5O5/c1-33-20-14-30(11-9-27-13-15-4-6-16(7-5-15)24(32)35-3)10-8-19(20)28-22(31)17-12-18(25)21(26)29-23(17)34-2/h4-7,12,19-20,27H,8-11,13-14H2,1-3H3,(H2,26,29)(H,28,31)/t19-,20+/m1/s1. The highest BCUT2D eigenvalue weighted by atomic mass is 35.5. The summed E-state index contributed by atoms with van der Waals surface area (Å²) in [5.41, 5.74) is 7.56. The Balaban J connectivity index is 1.46. The number of nitrogen functional groups attached to an aromatic ring is 1. The van der Waals surface area contributed by atoms with Gasteiger partial charge in [0.05, 0.1) is 37.0 Å². The highest BCUT2D eigenvalue weighted by Gasteiger charge is 2.31. The number of piperidine rings is 1. The van der Waals surface area contributed by atoms with E-state index in [4.69, 9.17) is 31.5 Å². The first kappa shape index (κ1) is 26.7. The number of nitrogens with zero attached hydrogens (tertiary/aromatic N) is 2. The van der Waals surface area contributed by atoms with E-state index in [2.05, 4.69) is 20.5 Å². The zero-order chi connectivity index (χ0) is 25.4. The Hall–Kier alpha value is -2.92. The highest BCUT2D eigenvalue weighted by molar-refractivity contribution is 6.33. The predicted octanol–water partition coefficient (Wildman–Crippen LogP) is 1.72. The van der Waals surface area contributed by atoms with Gasteiger partial charge in [-0.15, -0.1) is 0 Å². The molecule has 35 heavy (non-hydrogen) atoms. The minimum Gasteiger partial charge on any atom is -0.480 e. The van der Waals surface area contributed by atoms with Gasteiger partial charge in [0.15, 0.2) is 0 Å². The van der Waals surface area contributed by atoms with Gasteiger partial charge in [0.2, 0.25) is 5.88 Å². The summed E-state index contributed by atoms with van der Waals surface area (Å²) in [7, 11) is 4.44. The Bertz CT molecular complexity index is 1020. The summed E-state index contributed by atoms with van der Waals surface area (Å²) in [6.07, 6.45) is 0.569. The summed E-state index contributed by atoms with van der Waals surface area (Å²) >= 11 is 6.05. The van der Waals surface area contributed by atoms with Gasteiger partial charge < -0.3 is 30.6 Å². The number of hydrogen-bond donors (Lipinski definition) is 3. The molecule has 1 aliphatic rings. The van der Waals surface area contributed by atoms with Crippen molar-refractivity contribution in [2.75, 3.05) is 53.2 Å². The number of nitrogens with one attached hydrogen (secondary N) is 2. The highest BCUT2D eigenvalue weighted by Crippen LogP contribution is 2.25. The summed E-state index contributed by atoms with van der Waals surface area (Å²) in [6.45, 7) is 3.83. The van der Waals surface area contributed by atoms with Crippen LogP contribution in [0.5, 0.6) is 5.88 Å². The summed E-state index contributed by atoms with van der Waals surface area (Å²) in [5, 5.41) is 6.64. The molecule has 0 bridgehead atoms. The molecule has 1 aliphatic heterocycles. The number of carbonyl (C=O) groups excluding carboxylic acids is 2. The number of aromatic nitrogens is 1. The number of nitrogens with two attached hydrogens (primary N) is 1. The fraction of sp³-hybridized carbons (Fsp3) is 0.458. The number of hydrogen-bond acceptors (Lipinski definition) is 9. The molecule has 0 spiro atoms. The molecule has 1 aromatic heterocycles. The van der Waals surface area contributed by atoms with E-state index in [9.17, 15) is 9.59 Å². The van der Waals surface area contributed by atoms with Crippen LogP contribution in [-0.2, 0) is 16.0 Å². The number of carbonyl (C=O) groups is 2. The summed E-state index contributed by atoms with van der Waals surface area (Å²) < 4.78 is 15.6.